The van der Waals surface area contributed by atoms with Crippen molar-refractivity contribution in [1.82, 2.24) is 4.90 Å². The summed E-state index contributed by atoms with van der Waals surface area (Å²) >= 11 is 5.96. The molecule has 112 valence electrons. The second kappa shape index (κ2) is 6.00. The van der Waals surface area contributed by atoms with E-state index in [1.54, 1.807) is 6.07 Å². The highest BCUT2D eigenvalue weighted by Gasteiger charge is 2.34. The van der Waals surface area contributed by atoms with Crippen molar-refractivity contribution in [2.75, 3.05) is 19.6 Å². The van der Waals surface area contributed by atoms with Gasteiger partial charge in [0.2, 0.25) is 0 Å². The Morgan fingerprint density at radius 3 is 2.60 bits per heavy atom. The van der Waals surface area contributed by atoms with E-state index < -0.39 is 0 Å². The van der Waals surface area contributed by atoms with E-state index in [0.29, 0.717) is 22.9 Å². The van der Waals surface area contributed by atoms with Gasteiger partial charge in [-0.1, -0.05) is 32.4 Å². The van der Waals surface area contributed by atoms with Gasteiger partial charge >= 0.3 is 0 Å². The molecule has 2 nitrogen and oxygen atoms in total. The molecule has 1 heterocycles. The summed E-state index contributed by atoms with van der Waals surface area (Å²) in [5.74, 6) is 0.359. The highest BCUT2D eigenvalue weighted by Crippen LogP contribution is 2.37. The molecule has 0 amide bonds. The average Bonchev–Trinajstić information content (AvgIpc) is 2.77. The molecule has 2 unspecified atom stereocenters. The van der Waals surface area contributed by atoms with Crippen LogP contribution in [0.25, 0.3) is 0 Å². The van der Waals surface area contributed by atoms with Crippen LogP contribution in [0.2, 0.25) is 5.02 Å². The minimum Gasteiger partial charge on any atom is -0.329 e. The highest BCUT2D eigenvalue weighted by molar-refractivity contribution is 6.30. The van der Waals surface area contributed by atoms with Crippen LogP contribution in [0.3, 0.4) is 0 Å². The van der Waals surface area contributed by atoms with Crippen LogP contribution in [0.4, 0.5) is 4.39 Å². The Morgan fingerprint density at radius 2 is 2.10 bits per heavy atom. The number of hydrogen-bond donors (Lipinski definition) is 1. The van der Waals surface area contributed by atoms with Gasteiger partial charge in [0.05, 0.1) is 0 Å². The van der Waals surface area contributed by atoms with E-state index in [0.717, 1.165) is 18.7 Å². The van der Waals surface area contributed by atoms with Crippen LogP contribution in [0.5, 0.6) is 0 Å². The van der Waals surface area contributed by atoms with Gasteiger partial charge in [-0.15, -0.1) is 0 Å². The van der Waals surface area contributed by atoms with Crippen LogP contribution in [-0.2, 0) is 0 Å². The van der Waals surface area contributed by atoms with Crippen LogP contribution in [0, 0.1) is 17.2 Å². The molecule has 1 aromatic rings. The van der Waals surface area contributed by atoms with Crippen molar-refractivity contribution in [2.45, 2.75) is 33.2 Å². The molecule has 0 bridgehead atoms. The Labute approximate surface area is 126 Å². The van der Waals surface area contributed by atoms with Gasteiger partial charge in [-0.2, -0.15) is 0 Å². The molecular formula is C16H24ClFN2. The van der Waals surface area contributed by atoms with E-state index in [2.05, 4.69) is 25.7 Å². The number of nitrogens with zero attached hydrogens (tertiary/aromatic N) is 1. The predicted octanol–water partition coefficient (Wildman–Crippen LogP) is 3.85. The zero-order valence-corrected chi connectivity index (χ0v) is 13.3. The van der Waals surface area contributed by atoms with E-state index in [4.69, 9.17) is 17.3 Å². The standard InChI is InChI=1S/C16H24ClFN2/c1-16(2,3)12-4-5-20(10-12)15(9-19)11-6-13(17)8-14(18)7-11/h6-8,12,15H,4-5,9-10,19H2,1-3H3. The van der Waals surface area contributed by atoms with Gasteiger partial charge in [0, 0.05) is 24.2 Å². The monoisotopic (exact) mass is 298 g/mol. The summed E-state index contributed by atoms with van der Waals surface area (Å²) in [4.78, 5) is 2.36. The van der Waals surface area contributed by atoms with Gasteiger partial charge in [-0.25, -0.2) is 4.39 Å². The number of rotatable bonds is 3. The Kier molecular flexibility index (Phi) is 4.73. The van der Waals surface area contributed by atoms with E-state index in [1.807, 2.05) is 6.07 Å². The van der Waals surface area contributed by atoms with Crippen molar-refractivity contribution >= 4 is 11.6 Å². The van der Waals surface area contributed by atoms with Crippen molar-refractivity contribution in [3.05, 3.63) is 34.6 Å². The molecule has 1 fully saturated rings. The van der Waals surface area contributed by atoms with Gasteiger partial charge < -0.3 is 5.73 Å². The SMILES string of the molecule is CC(C)(C)C1CCN(C(CN)c2cc(F)cc(Cl)c2)C1. The van der Waals surface area contributed by atoms with Gasteiger partial charge in [0.25, 0.3) is 0 Å². The lowest BCUT2D eigenvalue weighted by molar-refractivity contribution is 0.197. The molecule has 0 saturated carbocycles. The zero-order chi connectivity index (χ0) is 14.9. The average molecular weight is 299 g/mol. The fraction of sp³-hybridized carbons (Fsp3) is 0.625. The number of hydrogen-bond acceptors (Lipinski definition) is 2. The van der Waals surface area contributed by atoms with Crippen molar-refractivity contribution in [3.8, 4) is 0 Å². The molecule has 1 aromatic carbocycles. The summed E-state index contributed by atoms with van der Waals surface area (Å²) < 4.78 is 13.5. The molecule has 0 aliphatic carbocycles. The summed E-state index contributed by atoms with van der Waals surface area (Å²) in [5.41, 5.74) is 7.11. The number of benzene rings is 1. The quantitative estimate of drug-likeness (QED) is 0.918. The van der Waals surface area contributed by atoms with Crippen LogP contribution >= 0.6 is 11.6 Å². The van der Waals surface area contributed by atoms with Crippen LogP contribution < -0.4 is 5.73 Å². The van der Waals surface area contributed by atoms with Crippen LogP contribution in [0.15, 0.2) is 18.2 Å². The lowest BCUT2D eigenvalue weighted by Gasteiger charge is -2.30. The molecular weight excluding hydrogens is 275 g/mol. The fourth-order valence-corrected chi connectivity index (χ4v) is 3.27. The molecule has 20 heavy (non-hydrogen) atoms. The van der Waals surface area contributed by atoms with Crippen molar-refractivity contribution in [2.24, 2.45) is 17.1 Å². The smallest absolute Gasteiger partial charge is 0.125 e. The molecule has 2 N–H and O–H groups in total. The Balaban J connectivity index is 2.17. The molecule has 0 spiro atoms. The number of likely N-dealkylation sites (tertiary alicyclic amines) is 1. The molecule has 0 aromatic heterocycles. The Hall–Kier alpha value is -0.640. The summed E-state index contributed by atoms with van der Waals surface area (Å²) in [6.07, 6.45) is 1.17. The topological polar surface area (TPSA) is 29.3 Å². The third-order valence-electron chi connectivity index (χ3n) is 4.38. The number of halogens is 2. The first-order chi connectivity index (χ1) is 9.31. The second-order valence-electron chi connectivity index (χ2n) is 6.80. The first-order valence-corrected chi connectivity index (χ1v) is 7.59. The van der Waals surface area contributed by atoms with Gasteiger partial charge in [-0.3, -0.25) is 4.90 Å². The maximum Gasteiger partial charge on any atom is 0.125 e. The first-order valence-electron chi connectivity index (χ1n) is 7.21. The summed E-state index contributed by atoms with van der Waals surface area (Å²) in [7, 11) is 0. The van der Waals surface area contributed by atoms with E-state index in [-0.39, 0.29) is 11.9 Å². The van der Waals surface area contributed by atoms with Crippen LogP contribution in [-0.4, -0.2) is 24.5 Å². The lowest BCUT2D eigenvalue weighted by Crippen LogP contribution is -2.33. The Morgan fingerprint density at radius 1 is 1.40 bits per heavy atom. The maximum atomic E-state index is 13.5. The van der Waals surface area contributed by atoms with Crippen molar-refractivity contribution in [3.63, 3.8) is 0 Å². The summed E-state index contributed by atoms with van der Waals surface area (Å²) in [6, 6.07) is 4.76. The largest absolute Gasteiger partial charge is 0.329 e. The normalized spacial score (nSPS) is 22.2. The van der Waals surface area contributed by atoms with Crippen molar-refractivity contribution < 1.29 is 4.39 Å². The zero-order valence-electron chi connectivity index (χ0n) is 12.5. The minimum atomic E-state index is -0.294. The van der Waals surface area contributed by atoms with E-state index >= 15 is 0 Å². The van der Waals surface area contributed by atoms with Crippen LogP contribution in [0.1, 0.15) is 38.8 Å². The molecule has 4 heteroatoms. The first kappa shape index (κ1) is 15.7. The fourth-order valence-electron chi connectivity index (χ4n) is 3.04. The summed E-state index contributed by atoms with van der Waals surface area (Å²) in [6.45, 7) is 9.33. The highest BCUT2D eigenvalue weighted by atomic mass is 35.5. The second-order valence-corrected chi connectivity index (χ2v) is 7.24. The third kappa shape index (κ3) is 3.51. The van der Waals surface area contributed by atoms with Crippen molar-refractivity contribution in [1.29, 1.82) is 0 Å². The molecule has 1 aliphatic rings. The molecule has 1 aliphatic heterocycles. The van der Waals surface area contributed by atoms with Gasteiger partial charge in [-0.05, 0) is 48.1 Å². The number of nitrogens with two attached hydrogens (primary N) is 1. The van der Waals surface area contributed by atoms with Gasteiger partial charge in [0.15, 0.2) is 0 Å². The molecule has 2 rings (SSSR count). The maximum absolute atomic E-state index is 13.5. The molecule has 0 radical (unpaired) electrons. The van der Waals surface area contributed by atoms with Gasteiger partial charge in [0.1, 0.15) is 5.82 Å². The van der Waals surface area contributed by atoms with E-state index in [9.17, 15) is 4.39 Å². The minimum absolute atomic E-state index is 0.0514. The summed E-state index contributed by atoms with van der Waals surface area (Å²) in [5, 5.41) is 0.435. The molecule has 1 saturated heterocycles. The lowest BCUT2D eigenvalue weighted by atomic mass is 9.80. The van der Waals surface area contributed by atoms with E-state index in [1.165, 1.54) is 12.5 Å². The predicted molar refractivity (Wildman–Crippen MR) is 82.3 cm³/mol. The third-order valence-corrected chi connectivity index (χ3v) is 4.60. The molecule has 2 atom stereocenters. The Bertz CT molecular complexity index is 450.